The van der Waals surface area contributed by atoms with Crippen LogP contribution in [-0.4, -0.2) is 138 Å². The van der Waals surface area contributed by atoms with Gasteiger partial charge >= 0.3 is 12.3 Å². The first-order chi connectivity index (χ1) is 25.1. The molecule has 0 aromatic carbocycles. The fourth-order valence-corrected chi connectivity index (χ4v) is 6.54. The first-order valence-corrected chi connectivity index (χ1v) is 17.4. The molecular weight excluding hydrogens is 685 g/mol. The molecule has 0 saturated carbocycles. The molecule has 0 aliphatic carbocycles. The Balaban J connectivity index is 1.12. The molecule has 3 fully saturated rings. The quantitative estimate of drug-likeness (QED) is 0.297. The van der Waals surface area contributed by atoms with Crippen molar-refractivity contribution in [3.05, 3.63) is 47.8 Å². The lowest BCUT2D eigenvalue weighted by molar-refractivity contribution is -0.137. The average Bonchev–Trinajstić information content (AvgIpc) is 3.56. The second-order valence-electron chi connectivity index (χ2n) is 12.9. The number of nitrogens with one attached hydrogen (secondary N) is 2. The minimum absolute atomic E-state index is 0.0703. The first kappa shape index (κ1) is 37.0. The Morgan fingerprint density at radius 1 is 0.981 bits per heavy atom. The third-order valence-electron chi connectivity index (χ3n) is 9.30. The highest BCUT2D eigenvalue weighted by Gasteiger charge is 2.36. The van der Waals surface area contributed by atoms with Crippen molar-refractivity contribution in [1.29, 1.82) is 0 Å². The Morgan fingerprint density at radius 3 is 2.44 bits per heavy atom. The minimum atomic E-state index is -4.80. The zero-order chi connectivity index (χ0) is 36.7. The maximum atomic E-state index is 14.3. The van der Waals surface area contributed by atoms with Crippen LogP contribution in [0.4, 0.5) is 29.6 Å². The molecule has 2 N–H and O–H groups in total. The van der Waals surface area contributed by atoms with E-state index >= 15 is 0 Å². The molecule has 18 heteroatoms. The van der Waals surface area contributed by atoms with Crippen LogP contribution in [-0.2, 0) is 31.8 Å². The van der Waals surface area contributed by atoms with Crippen molar-refractivity contribution in [2.75, 3.05) is 96.0 Å². The van der Waals surface area contributed by atoms with Gasteiger partial charge in [0.15, 0.2) is 11.6 Å². The lowest BCUT2D eigenvalue weighted by Crippen LogP contribution is -2.50. The number of alkyl halides is 3. The van der Waals surface area contributed by atoms with E-state index in [0.717, 1.165) is 44.6 Å². The summed E-state index contributed by atoms with van der Waals surface area (Å²) < 4.78 is 54.5. The number of ether oxygens (including phenoxy) is 2. The van der Waals surface area contributed by atoms with Crippen molar-refractivity contribution in [2.24, 2.45) is 0 Å². The van der Waals surface area contributed by atoms with E-state index in [1.165, 1.54) is 29.9 Å². The van der Waals surface area contributed by atoms with E-state index in [-0.39, 0.29) is 35.6 Å². The predicted octanol–water partition coefficient (Wildman–Crippen LogP) is 2.63. The number of piperidine rings is 1. The number of piperazine rings is 1. The standard InChI is InChI=1S/C34H43F3N10O5/c1-51-33(50)40-28-19-26(34(35,36)37)25(20-38-28)31-41-32(46-14-16-52-17-15-46)27-18-24(23-47(27)42-31)22-44-10-12-45(13-11-44)30(49)21-39-29(48)6-5-9-43-7-3-2-4-8-43/h5-6,18-20,23H,2-4,7-17,21-22H2,1H3,(H,39,48)(H,38,40,50)/b6-5+. The van der Waals surface area contributed by atoms with Crippen LogP contribution >= 0.6 is 0 Å². The lowest BCUT2D eigenvalue weighted by Gasteiger charge is -2.34. The molecule has 0 atom stereocenters. The van der Waals surface area contributed by atoms with Crippen LogP contribution in [0.15, 0.2) is 36.7 Å². The van der Waals surface area contributed by atoms with Gasteiger partial charge in [0.25, 0.3) is 0 Å². The van der Waals surface area contributed by atoms with Gasteiger partial charge in [0.2, 0.25) is 11.8 Å². The number of hydrogen-bond acceptors (Lipinski definition) is 11. The molecule has 3 saturated heterocycles. The van der Waals surface area contributed by atoms with E-state index in [2.05, 4.69) is 40.2 Å². The molecule has 6 heterocycles. The Labute approximate surface area is 298 Å². The van der Waals surface area contributed by atoms with Gasteiger partial charge in [-0.3, -0.25) is 24.7 Å². The van der Waals surface area contributed by atoms with E-state index in [4.69, 9.17) is 4.74 Å². The van der Waals surface area contributed by atoms with Gasteiger partial charge in [0.05, 0.1) is 38.0 Å². The number of likely N-dealkylation sites (tertiary alicyclic amines) is 1. The molecular formula is C34H43F3N10O5. The highest BCUT2D eigenvalue weighted by Crippen LogP contribution is 2.38. The molecule has 52 heavy (non-hydrogen) atoms. The molecule has 0 spiro atoms. The van der Waals surface area contributed by atoms with Crippen molar-refractivity contribution in [2.45, 2.75) is 32.0 Å². The number of carbonyl (C=O) groups excluding carboxylic acids is 3. The average molecular weight is 729 g/mol. The van der Waals surface area contributed by atoms with Crippen molar-refractivity contribution >= 4 is 35.1 Å². The summed E-state index contributed by atoms with van der Waals surface area (Å²) in [5, 5.41) is 9.35. The molecule has 280 valence electrons. The summed E-state index contributed by atoms with van der Waals surface area (Å²) in [6.45, 7) is 7.29. The fourth-order valence-electron chi connectivity index (χ4n) is 6.54. The fraction of sp³-hybridized carbons (Fsp3) is 0.529. The number of aromatic nitrogens is 4. The summed E-state index contributed by atoms with van der Waals surface area (Å²) in [6.07, 6.45) is 3.94. The van der Waals surface area contributed by atoms with Crippen LogP contribution in [0, 0.1) is 0 Å². The maximum absolute atomic E-state index is 14.3. The van der Waals surface area contributed by atoms with Crippen LogP contribution < -0.4 is 15.5 Å². The lowest BCUT2D eigenvalue weighted by atomic mass is 10.1. The normalized spacial score (nSPS) is 17.8. The number of carbonyl (C=O) groups is 3. The van der Waals surface area contributed by atoms with Crippen molar-refractivity contribution in [3.63, 3.8) is 0 Å². The van der Waals surface area contributed by atoms with E-state index in [9.17, 15) is 27.6 Å². The van der Waals surface area contributed by atoms with E-state index in [1.807, 2.05) is 17.0 Å². The van der Waals surface area contributed by atoms with Gasteiger partial charge in [0, 0.05) is 70.8 Å². The third-order valence-corrected chi connectivity index (χ3v) is 9.30. The number of hydrogen-bond donors (Lipinski definition) is 2. The molecule has 0 bridgehead atoms. The number of methoxy groups -OCH3 is 1. The topological polar surface area (TPSA) is 150 Å². The summed E-state index contributed by atoms with van der Waals surface area (Å²) in [6, 6.07) is 2.65. The molecule has 0 unspecified atom stereocenters. The van der Waals surface area contributed by atoms with E-state index in [0.29, 0.717) is 70.4 Å². The minimum Gasteiger partial charge on any atom is -0.453 e. The third kappa shape index (κ3) is 9.34. The number of rotatable bonds is 10. The van der Waals surface area contributed by atoms with Crippen molar-refractivity contribution in [3.8, 4) is 11.4 Å². The van der Waals surface area contributed by atoms with Gasteiger partial charge in [-0.1, -0.05) is 12.5 Å². The second-order valence-corrected chi connectivity index (χ2v) is 12.9. The molecule has 15 nitrogen and oxygen atoms in total. The molecule has 3 aromatic rings. The number of halogens is 3. The molecule has 3 aromatic heterocycles. The largest absolute Gasteiger partial charge is 0.453 e. The summed E-state index contributed by atoms with van der Waals surface area (Å²) in [5.74, 6) is -0.485. The molecule has 3 aliphatic rings. The first-order valence-electron chi connectivity index (χ1n) is 17.4. The molecule has 3 aliphatic heterocycles. The zero-order valence-corrected chi connectivity index (χ0v) is 29.0. The smallest absolute Gasteiger partial charge is 0.417 e. The Kier molecular flexibility index (Phi) is 11.9. The van der Waals surface area contributed by atoms with Crippen molar-refractivity contribution < 1.29 is 37.0 Å². The Hall–Kier alpha value is -4.81. The SMILES string of the molecule is COC(=O)Nc1cc(C(F)(F)F)c(-c2nc(N3CCOCC3)c3cc(CN4CCN(C(=O)CNC(=O)/C=C/CN5CCCCC5)CC4)cn3n2)cn1. The Morgan fingerprint density at radius 2 is 1.73 bits per heavy atom. The number of pyridine rings is 1. The number of amides is 3. The van der Waals surface area contributed by atoms with Crippen LogP contribution in [0.1, 0.15) is 30.4 Å². The van der Waals surface area contributed by atoms with Crippen LogP contribution in [0.2, 0.25) is 0 Å². The summed E-state index contributed by atoms with van der Waals surface area (Å²) in [5.41, 5.74) is 0.0849. The van der Waals surface area contributed by atoms with Crippen molar-refractivity contribution in [1.82, 2.24) is 39.6 Å². The van der Waals surface area contributed by atoms with Gasteiger partial charge in [-0.2, -0.15) is 13.2 Å². The highest BCUT2D eigenvalue weighted by atomic mass is 19.4. The van der Waals surface area contributed by atoms with Crippen LogP contribution in [0.3, 0.4) is 0 Å². The van der Waals surface area contributed by atoms with Crippen LogP contribution in [0.5, 0.6) is 0 Å². The molecule has 0 radical (unpaired) electrons. The maximum Gasteiger partial charge on any atom is 0.417 e. The van der Waals surface area contributed by atoms with Gasteiger partial charge < -0.3 is 24.6 Å². The molecule has 3 amide bonds. The predicted molar refractivity (Wildman–Crippen MR) is 185 cm³/mol. The van der Waals surface area contributed by atoms with Gasteiger partial charge in [0.1, 0.15) is 11.3 Å². The Bertz CT molecular complexity index is 1760. The van der Waals surface area contributed by atoms with Gasteiger partial charge in [-0.25, -0.2) is 19.3 Å². The van der Waals surface area contributed by atoms with Crippen LogP contribution in [0.25, 0.3) is 16.9 Å². The summed E-state index contributed by atoms with van der Waals surface area (Å²) in [4.78, 5) is 53.5. The number of morpholine rings is 1. The van der Waals surface area contributed by atoms with Gasteiger partial charge in [-0.05, 0) is 43.6 Å². The van der Waals surface area contributed by atoms with E-state index in [1.54, 1.807) is 11.1 Å². The summed E-state index contributed by atoms with van der Waals surface area (Å²) >= 11 is 0. The number of fused-ring (bicyclic) bond motifs is 1. The monoisotopic (exact) mass is 728 g/mol. The van der Waals surface area contributed by atoms with E-state index < -0.39 is 17.8 Å². The number of anilines is 2. The van der Waals surface area contributed by atoms with Gasteiger partial charge in [-0.15, -0.1) is 5.10 Å². The zero-order valence-electron chi connectivity index (χ0n) is 29.0. The molecule has 6 rings (SSSR count). The summed E-state index contributed by atoms with van der Waals surface area (Å²) in [7, 11) is 1.09. The highest BCUT2D eigenvalue weighted by molar-refractivity contribution is 5.91. The number of nitrogens with zero attached hydrogens (tertiary/aromatic N) is 8. The second kappa shape index (κ2) is 16.7.